The van der Waals surface area contributed by atoms with E-state index in [4.69, 9.17) is 4.42 Å². The number of carbonyl (C=O) groups excluding carboxylic acids is 2. The molecule has 0 bridgehead atoms. The van der Waals surface area contributed by atoms with E-state index in [2.05, 4.69) is 5.32 Å². The van der Waals surface area contributed by atoms with Crippen molar-refractivity contribution >= 4 is 34.3 Å². The number of fused-ring (bicyclic) bond motifs is 1. The summed E-state index contributed by atoms with van der Waals surface area (Å²) in [5, 5.41) is 13.8. The summed E-state index contributed by atoms with van der Waals surface area (Å²) in [6.07, 6.45) is 1.18. The van der Waals surface area contributed by atoms with Gasteiger partial charge < -0.3 is 14.6 Å². The van der Waals surface area contributed by atoms with Gasteiger partial charge in [0.15, 0.2) is 5.58 Å². The van der Waals surface area contributed by atoms with Crippen LogP contribution in [0.1, 0.15) is 28.8 Å². The SMILES string of the molecule is Cc1cc(C(=O)N2CCCC2C(=O)Nc2ccc3c(c2)oc(=O)n3C)ccc1[N+](=O)[O-]. The molecule has 31 heavy (non-hydrogen) atoms. The Balaban J connectivity index is 1.53. The lowest BCUT2D eigenvalue weighted by atomic mass is 10.1. The number of rotatable bonds is 4. The van der Waals surface area contributed by atoms with Crippen molar-refractivity contribution in [1.82, 2.24) is 9.47 Å². The van der Waals surface area contributed by atoms with Gasteiger partial charge in [0.1, 0.15) is 6.04 Å². The first kappa shape index (κ1) is 20.3. The molecule has 1 fully saturated rings. The highest BCUT2D eigenvalue weighted by Crippen LogP contribution is 2.25. The molecule has 0 aliphatic carbocycles. The van der Waals surface area contributed by atoms with Crippen molar-refractivity contribution in [2.75, 3.05) is 11.9 Å². The maximum Gasteiger partial charge on any atom is 0.419 e. The number of nitro benzene ring substituents is 1. The van der Waals surface area contributed by atoms with E-state index in [1.807, 2.05) is 0 Å². The topological polar surface area (TPSA) is 128 Å². The van der Waals surface area contributed by atoms with Gasteiger partial charge in [-0.25, -0.2) is 4.79 Å². The number of carbonyl (C=O) groups is 2. The molecular weight excluding hydrogens is 404 g/mol. The van der Waals surface area contributed by atoms with Crippen molar-refractivity contribution in [3.05, 3.63) is 68.2 Å². The van der Waals surface area contributed by atoms with Crippen molar-refractivity contribution in [3.63, 3.8) is 0 Å². The van der Waals surface area contributed by atoms with Crippen LogP contribution in [0.4, 0.5) is 11.4 Å². The molecule has 1 aliphatic heterocycles. The fourth-order valence-corrected chi connectivity index (χ4v) is 3.88. The van der Waals surface area contributed by atoms with Crippen molar-refractivity contribution in [2.45, 2.75) is 25.8 Å². The number of nitrogens with one attached hydrogen (secondary N) is 1. The summed E-state index contributed by atoms with van der Waals surface area (Å²) in [7, 11) is 1.59. The summed E-state index contributed by atoms with van der Waals surface area (Å²) in [4.78, 5) is 49.5. The van der Waals surface area contributed by atoms with E-state index >= 15 is 0 Å². The second kappa shape index (κ2) is 7.71. The molecule has 0 spiro atoms. The number of nitro groups is 1. The molecule has 0 radical (unpaired) electrons. The number of hydrogen-bond donors (Lipinski definition) is 1. The minimum absolute atomic E-state index is 0.0600. The second-order valence-electron chi connectivity index (χ2n) is 7.51. The van der Waals surface area contributed by atoms with Gasteiger partial charge in [-0.05, 0) is 44.0 Å². The van der Waals surface area contributed by atoms with Crippen LogP contribution < -0.4 is 11.1 Å². The summed E-state index contributed by atoms with van der Waals surface area (Å²) in [6.45, 7) is 1.99. The van der Waals surface area contributed by atoms with Gasteiger partial charge in [0.25, 0.3) is 11.6 Å². The summed E-state index contributed by atoms with van der Waals surface area (Å²) >= 11 is 0. The van der Waals surface area contributed by atoms with E-state index in [1.165, 1.54) is 27.7 Å². The van der Waals surface area contributed by atoms with E-state index in [-0.39, 0.29) is 17.5 Å². The average Bonchev–Trinajstić information content (AvgIpc) is 3.32. The predicted octanol–water partition coefficient (Wildman–Crippen LogP) is 2.59. The van der Waals surface area contributed by atoms with E-state index in [0.717, 1.165) is 0 Å². The lowest BCUT2D eigenvalue weighted by Gasteiger charge is -2.24. The third-order valence-corrected chi connectivity index (χ3v) is 5.52. The number of amides is 2. The zero-order valence-corrected chi connectivity index (χ0v) is 17.0. The Morgan fingerprint density at radius 3 is 2.71 bits per heavy atom. The molecule has 1 atom stereocenters. The van der Waals surface area contributed by atoms with Crippen LogP contribution in [0.15, 0.2) is 45.6 Å². The maximum atomic E-state index is 13.0. The Morgan fingerprint density at radius 2 is 2.00 bits per heavy atom. The molecule has 10 nitrogen and oxygen atoms in total. The molecule has 2 amide bonds. The molecule has 4 rings (SSSR count). The van der Waals surface area contributed by atoms with Crippen LogP contribution in [0, 0.1) is 17.0 Å². The molecule has 1 unspecified atom stereocenters. The number of likely N-dealkylation sites (tertiary alicyclic amines) is 1. The molecule has 3 aromatic rings. The summed E-state index contributed by atoms with van der Waals surface area (Å²) in [5.74, 6) is -1.19. The molecular formula is C21H20N4O6. The summed E-state index contributed by atoms with van der Waals surface area (Å²) in [5.41, 5.74) is 2.04. The number of oxazole rings is 1. The number of hydrogen-bond acceptors (Lipinski definition) is 6. The largest absolute Gasteiger partial charge is 0.419 e. The van der Waals surface area contributed by atoms with Crippen LogP contribution in [0.3, 0.4) is 0 Å². The van der Waals surface area contributed by atoms with Gasteiger partial charge in [-0.2, -0.15) is 0 Å². The molecule has 10 heteroatoms. The maximum absolute atomic E-state index is 13.0. The number of benzene rings is 2. The standard InChI is InChI=1S/C21H20N4O6/c1-12-10-13(5-7-15(12)25(29)30)20(27)24-9-3-4-17(24)19(26)22-14-6-8-16-18(11-14)31-21(28)23(16)2/h5-8,10-11,17H,3-4,9H2,1-2H3,(H,22,26). The number of anilines is 1. The fourth-order valence-electron chi connectivity index (χ4n) is 3.88. The van der Waals surface area contributed by atoms with Crippen LogP contribution in [-0.4, -0.2) is 38.8 Å². The van der Waals surface area contributed by atoms with E-state index in [0.29, 0.717) is 47.3 Å². The zero-order valence-electron chi connectivity index (χ0n) is 17.0. The third-order valence-electron chi connectivity index (χ3n) is 5.52. The fraction of sp³-hybridized carbons (Fsp3) is 0.286. The van der Waals surface area contributed by atoms with Crippen LogP contribution in [0.5, 0.6) is 0 Å². The van der Waals surface area contributed by atoms with Crippen LogP contribution in [0.25, 0.3) is 11.1 Å². The second-order valence-corrected chi connectivity index (χ2v) is 7.51. The van der Waals surface area contributed by atoms with Gasteiger partial charge in [0.2, 0.25) is 5.91 Å². The van der Waals surface area contributed by atoms with Gasteiger partial charge >= 0.3 is 5.76 Å². The van der Waals surface area contributed by atoms with E-state index < -0.39 is 16.7 Å². The van der Waals surface area contributed by atoms with E-state index in [9.17, 15) is 24.5 Å². The molecule has 1 aromatic heterocycles. The minimum Gasteiger partial charge on any atom is -0.408 e. The Kier molecular flexibility index (Phi) is 5.05. The number of nitrogens with zero attached hydrogens (tertiary/aromatic N) is 3. The lowest BCUT2D eigenvalue weighted by Crippen LogP contribution is -2.43. The number of aryl methyl sites for hydroxylation is 2. The first-order chi connectivity index (χ1) is 14.8. The van der Waals surface area contributed by atoms with Crippen molar-refractivity contribution in [3.8, 4) is 0 Å². The highest BCUT2D eigenvalue weighted by Gasteiger charge is 2.35. The minimum atomic E-state index is -0.665. The Bertz CT molecular complexity index is 1270. The van der Waals surface area contributed by atoms with Gasteiger partial charge in [-0.3, -0.25) is 24.3 Å². The summed E-state index contributed by atoms with van der Waals surface area (Å²) < 4.78 is 6.51. The Labute approximate surface area is 176 Å². The van der Waals surface area contributed by atoms with Gasteiger partial charge in [-0.15, -0.1) is 0 Å². The Hall–Kier alpha value is -3.95. The van der Waals surface area contributed by atoms with Crippen molar-refractivity contribution < 1.29 is 18.9 Å². The summed E-state index contributed by atoms with van der Waals surface area (Å²) in [6, 6.07) is 8.42. The highest BCUT2D eigenvalue weighted by molar-refractivity contribution is 6.02. The smallest absolute Gasteiger partial charge is 0.408 e. The quantitative estimate of drug-likeness (QED) is 0.506. The first-order valence-corrected chi connectivity index (χ1v) is 9.72. The number of aromatic nitrogens is 1. The van der Waals surface area contributed by atoms with Gasteiger partial charge in [0, 0.05) is 42.5 Å². The van der Waals surface area contributed by atoms with Crippen LogP contribution in [0.2, 0.25) is 0 Å². The molecule has 2 heterocycles. The highest BCUT2D eigenvalue weighted by atomic mass is 16.6. The van der Waals surface area contributed by atoms with Crippen molar-refractivity contribution in [2.24, 2.45) is 7.05 Å². The lowest BCUT2D eigenvalue weighted by molar-refractivity contribution is -0.385. The van der Waals surface area contributed by atoms with Crippen molar-refractivity contribution in [1.29, 1.82) is 0 Å². The zero-order chi connectivity index (χ0) is 22.3. The van der Waals surface area contributed by atoms with Gasteiger partial charge in [0.05, 0.1) is 10.4 Å². The molecule has 0 saturated carbocycles. The molecule has 2 aromatic carbocycles. The third kappa shape index (κ3) is 3.67. The normalized spacial score (nSPS) is 15.9. The molecule has 160 valence electrons. The average molecular weight is 424 g/mol. The van der Waals surface area contributed by atoms with Crippen LogP contribution >= 0.6 is 0 Å². The van der Waals surface area contributed by atoms with Crippen LogP contribution in [-0.2, 0) is 11.8 Å². The van der Waals surface area contributed by atoms with Gasteiger partial charge in [-0.1, -0.05) is 0 Å². The monoisotopic (exact) mass is 424 g/mol. The molecule has 1 aliphatic rings. The van der Waals surface area contributed by atoms with E-state index in [1.54, 1.807) is 32.2 Å². The molecule has 1 saturated heterocycles. The first-order valence-electron chi connectivity index (χ1n) is 9.72. The Morgan fingerprint density at radius 1 is 1.23 bits per heavy atom. The predicted molar refractivity (Wildman–Crippen MR) is 112 cm³/mol. The molecule has 1 N–H and O–H groups in total.